The van der Waals surface area contributed by atoms with Gasteiger partial charge in [-0.2, -0.15) is 0 Å². The summed E-state index contributed by atoms with van der Waals surface area (Å²) in [6.45, 7) is 1.27. The molecule has 31 heavy (non-hydrogen) atoms. The third-order valence-electron chi connectivity index (χ3n) is 4.30. The summed E-state index contributed by atoms with van der Waals surface area (Å²) in [5.41, 5.74) is 1.32. The van der Waals surface area contributed by atoms with Crippen LogP contribution in [0.15, 0.2) is 53.0 Å². The molecule has 0 fully saturated rings. The lowest BCUT2D eigenvalue weighted by molar-refractivity contribution is -0.142. The van der Waals surface area contributed by atoms with Gasteiger partial charge in [0.25, 0.3) is 0 Å². The first-order chi connectivity index (χ1) is 14.7. The Labute approximate surface area is 192 Å². The number of hydrogen-bond donors (Lipinski definition) is 4. The fraction of sp³-hybridized carbons (Fsp3) is 0.286. The average Bonchev–Trinajstić information content (AvgIpc) is 2.72. The topological polar surface area (TPSA) is 125 Å². The highest BCUT2D eigenvalue weighted by molar-refractivity contribution is 9.10. The lowest BCUT2D eigenvalue weighted by Gasteiger charge is -2.23. The summed E-state index contributed by atoms with van der Waals surface area (Å²) in [6.07, 6.45) is -2.28. The van der Waals surface area contributed by atoms with Crippen LogP contribution in [-0.4, -0.2) is 46.4 Å². The third-order valence-corrected chi connectivity index (χ3v) is 5.31. The van der Waals surface area contributed by atoms with Crippen molar-refractivity contribution in [2.75, 3.05) is 0 Å². The molecule has 0 bridgehead atoms. The first-order valence-corrected chi connectivity index (χ1v) is 10.5. The van der Waals surface area contributed by atoms with E-state index in [1.165, 1.54) is 6.92 Å². The van der Waals surface area contributed by atoms with E-state index in [9.17, 15) is 24.6 Å². The van der Waals surface area contributed by atoms with Gasteiger partial charge in [-0.05, 0) is 36.2 Å². The van der Waals surface area contributed by atoms with E-state index >= 15 is 0 Å². The Bertz CT molecular complexity index is 925. The third kappa shape index (κ3) is 7.86. The number of aliphatic hydroxyl groups is 1. The molecule has 10 heteroatoms. The minimum absolute atomic E-state index is 0.0264. The minimum Gasteiger partial charge on any atom is -0.480 e. The van der Waals surface area contributed by atoms with Gasteiger partial charge in [0.1, 0.15) is 18.7 Å². The van der Waals surface area contributed by atoms with Crippen LogP contribution in [0, 0.1) is 0 Å². The molecular weight excluding hydrogens is 492 g/mol. The van der Waals surface area contributed by atoms with Gasteiger partial charge in [0.05, 0.1) is 6.10 Å². The second-order valence-corrected chi connectivity index (χ2v) is 8.05. The second-order valence-electron chi connectivity index (χ2n) is 6.76. The maximum absolute atomic E-state index is 12.6. The Hall–Kier alpha value is -2.62. The van der Waals surface area contributed by atoms with Gasteiger partial charge in [-0.1, -0.05) is 57.9 Å². The van der Waals surface area contributed by atoms with Crippen LogP contribution in [-0.2, 0) is 27.4 Å². The van der Waals surface area contributed by atoms with E-state index in [2.05, 4.69) is 26.6 Å². The number of carboxylic acid groups (broad SMARTS) is 1. The predicted molar refractivity (Wildman–Crippen MR) is 118 cm³/mol. The number of halogens is 2. The van der Waals surface area contributed by atoms with Crippen molar-refractivity contribution in [3.8, 4) is 0 Å². The summed E-state index contributed by atoms with van der Waals surface area (Å²) in [4.78, 5) is 36.3. The van der Waals surface area contributed by atoms with Crippen molar-refractivity contribution in [2.24, 2.45) is 0 Å². The molecule has 0 aliphatic carbocycles. The van der Waals surface area contributed by atoms with Crippen molar-refractivity contribution in [3.05, 3.63) is 69.2 Å². The molecule has 0 saturated heterocycles. The molecule has 8 nitrogen and oxygen atoms in total. The van der Waals surface area contributed by atoms with Crippen molar-refractivity contribution in [3.63, 3.8) is 0 Å². The molecule has 2 rings (SSSR count). The fourth-order valence-corrected chi connectivity index (χ4v) is 3.28. The standard InChI is InChI=1S/C21H22BrClN2O6/c1-12(26)18(25-21(30)31-11-13-5-3-2-4-6-13)19(27)24-17(20(28)29)10-14-9-15(23)7-8-16(14)22/h2-9,12,17-18,26H,10-11H2,1H3,(H,24,27)(H,25,30)(H,28,29)/t12-,17-,18+/m1/s1. The summed E-state index contributed by atoms with van der Waals surface area (Å²) in [6, 6.07) is 11.1. The predicted octanol–water partition coefficient (Wildman–Crippen LogP) is 2.89. The number of rotatable bonds is 9. The molecule has 0 unspecified atom stereocenters. The van der Waals surface area contributed by atoms with Gasteiger partial charge in [-0.3, -0.25) is 4.79 Å². The van der Waals surface area contributed by atoms with Crippen LogP contribution in [0.2, 0.25) is 5.02 Å². The molecule has 4 N–H and O–H groups in total. The number of ether oxygens (including phenoxy) is 1. The summed E-state index contributed by atoms with van der Waals surface area (Å²) in [5.74, 6) is -2.14. The van der Waals surface area contributed by atoms with E-state index in [0.29, 0.717) is 15.1 Å². The summed E-state index contributed by atoms with van der Waals surface area (Å²) < 4.78 is 5.69. The minimum atomic E-state index is -1.41. The van der Waals surface area contributed by atoms with E-state index in [-0.39, 0.29) is 13.0 Å². The molecule has 166 valence electrons. The SMILES string of the molecule is C[C@@H](O)[C@H](NC(=O)OCc1ccccc1)C(=O)N[C@H](Cc1cc(Cl)ccc1Br)C(=O)O. The number of aliphatic carboxylic acids is 1. The Kier molecular flexibility index (Phi) is 9.29. The number of carbonyl (C=O) groups is 3. The number of alkyl carbamates (subject to hydrolysis) is 1. The molecule has 0 radical (unpaired) electrons. The van der Waals surface area contributed by atoms with Crippen LogP contribution >= 0.6 is 27.5 Å². The maximum Gasteiger partial charge on any atom is 0.408 e. The first-order valence-electron chi connectivity index (χ1n) is 9.29. The zero-order valence-corrected chi connectivity index (χ0v) is 18.9. The number of carbonyl (C=O) groups excluding carboxylic acids is 2. The number of benzene rings is 2. The van der Waals surface area contributed by atoms with E-state index < -0.39 is 36.2 Å². The molecule has 0 aliphatic heterocycles. The first kappa shape index (κ1) is 24.6. The van der Waals surface area contributed by atoms with Gasteiger partial charge in [0.15, 0.2) is 0 Å². The molecule has 2 aromatic carbocycles. The van der Waals surface area contributed by atoms with Crippen LogP contribution in [0.4, 0.5) is 4.79 Å². The van der Waals surface area contributed by atoms with Gasteiger partial charge < -0.3 is 25.6 Å². The van der Waals surface area contributed by atoms with Crippen molar-refractivity contribution in [2.45, 2.75) is 38.1 Å². The summed E-state index contributed by atoms with van der Waals surface area (Å²) in [7, 11) is 0. The van der Waals surface area contributed by atoms with Crippen molar-refractivity contribution < 1.29 is 29.3 Å². The van der Waals surface area contributed by atoms with E-state index in [1.54, 1.807) is 42.5 Å². The highest BCUT2D eigenvalue weighted by Gasteiger charge is 2.30. The van der Waals surface area contributed by atoms with Gasteiger partial charge in [0, 0.05) is 15.9 Å². The molecule has 0 aromatic heterocycles. The quantitative estimate of drug-likeness (QED) is 0.409. The van der Waals surface area contributed by atoms with E-state index in [1.807, 2.05) is 6.07 Å². The molecule has 3 atom stereocenters. The zero-order chi connectivity index (χ0) is 23.0. The highest BCUT2D eigenvalue weighted by atomic mass is 79.9. The summed E-state index contributed by atoms with van der Waals surface area (Å²) >= 11 is 9.28. The van der Waals surface area contributed by atoms with Gasteiger partial charge in [-0.25, -0.2) is 9.59 Å². The van der Waals surface area contributed by atoms with Crippen molar-refractivity contribution in [1.29, 1.82) is 0 Å². The molecule has 0 spiro atoms. The lowest BCUT2D eigenvalue weighted by Crippen LogP contribution is -2.56. The number of nitrogens with one attached hydrogen (secondary N) is 2. The largest absolute Gasteiger partial charge is 0.480 e. The molecule has 2 aromatic rings. The molecular formula is C21H22BrClN2O6. The number of hydrogen-bond acceptors (Lipinski definition) is 5. The van der Waals surface area contributed by atoms with Crippen LogP contribution < -0.4 is 10.6 Å². The van der Waals surface area contributed by atoms with E-state index in [0.717, 1.165) is 5.56 Å². The average molecular weight is 514 g/mol. The monoisotopic (exact) mass is 512 g/mol. The number of amides is 2. The lowest BCUT2D eigenvalue weighted by atomic mass is 10.0. The van der Waals surface area contributed by atoms with Crippen LogP contribution in [0.3, 0.4) is 0 Å². The molecule has 2 amide bonds. The molecule has 0 saturated carbocycles. The smallest absolute Gasteiger partial charge is 0.408 e. The zero-order valence-electron chi connectivity index (χ0n) is 16.5. The Morgan fingerprint density at radius 3 is 2.42 bits per heavy atom. The normalized spacial score (nSPS) is 13.5. The van der Waals surface area contributed by atoms with Crippen LogP contribution in [0.5, 0.6) is 0 Å². The van der Waals surface area contributed by atoms with E-state index in [4.69, 9.17) is 16.3 Å². The van der Waals surface area contributed by atoms with Crippen LogP contribution in [0.25, 0.3) is 0 Å². The number of carboxylic acids is 1. The van der Waals surface area contributed by atoms with Crippen LogP contribution in [0.1, 0.15) is 18.1 Å². The maximum atomic E-state index is 12.6. The Morgan fingerprint density at radius 1 is 1.13 bits per heavy atom. The fourth-order valence-electron chi connectivity index (χ4n) is 2.68. The number of aliphatic hydroxyl groups excluding tert-OH is 1. The van der Waals surface area contributed by atoms with Crippen molar-refractivity contribution >= 4 is 45.5 Å². The Balaban J connectivity index is 2.02. The molecule has 0 heterocycles. The molecule has 0 aliphatic rings. The van der Waals surface area contributed by atoms with Crippen molar-refractivity contribution in [1.82, 2.24) is 10.6 Å². The van der Waals surface area contributed by atoms with Gasteiger partial charge >= 0.3 is 12.1 Å². The second kappa shape index (κ2) is 11.7. The summed E-state index contributed by atoms with van der Waals surface area (Å²) in [5, 5.41) is 24.5. The van der Waals surface area contributed by atoms with Gasteiger partial charge in [-0.15, -0.1) is 0 Å². The highest BCUT2D eigenvalue weighted by Crippen LogP contribution is 2.22. The van der Waals surface area contributed by atoms with Gasteiger partial charge in [0.2, 0.25) is 5.91 Å². The Morgan fingerprint density at radius 2 is 1.81 bits per heavy atom.